The van der Waals surface area contributed by atoms with Gasteiger partial charge in [-0.05, 0) is 43.0 Å². The van der Waals surface area contributed by atoms with Crippen molar-refractivity contribution >= 4 is 51.5 Å². The van der Waals surface area contributed by atoms with Crippen LogP contribution in [0.5, 0.6) is 0 Å². The summed E-state index contributed by atoms with van der Waals surface area (Å²) in [6, 6.07) is 17.0. The van der Waals surface area contributed by atoms with E-state index in [9.17, 15) is 14.4 Å². The van der Waals surface area contributed by atoms with Crippen LogP contribution in [0, 0.1) is 0 Å². The summed E-state index contributed by atoms with van der Waals surface area (Å²) < 4.78 is 1.85. The molecule has 0 spiro atoms. The lowest BCUT2D eigenvalue weighted by molar-refractivity contribution is -0.122. The van der Waals surface area contributed by atoms with Crippen LogP contribution in [0.25, 0.3) is 17.0 Å². The quantitative estimate of drug-likeness (QED) is 0.641. The Morgan fingerprint density at radius 1 is 1.07 bits per heavy atom. The number of hydrogen-bond acceptors (Lipinski definition) is 4. The number of imide groups is 1. The summed E-state index contributed by atoms with van der Waals surface area (Å²) in [5.41, 5.74) is 2.42. The second kappa shape index (κ2) is 7.97. The molecule has 29 heavy (non-hydrogen) atoms. The number of rotatable bonds is 5. The van der Waals surface area contributed by atoms with Crippen LogP contribution in [0.3, 0.4) is 0 Å². The molecule has 1 saturated heterocycles. The van der Waals surface area contributed by atoms with Gasteiger partial charge in [-0.2, -0.15) is 0 Å². The van der Waals surface area contributed by atoms with Crippen LogP contribution >= 0.6 is 11.8 Å². The molecule has 1 fully saturated rings. The molecule has 3 amide bonds. The van der Waals surface area contributed by atoms with Crippen molar-refractivity contribution in [1.82, 2.24) is 9.47 Å². The summed E-state index contributed by atoms with van der Waals surface area (Å²) in [4.78, 5) is 38.5. The minimum absolute atomic E-state index is 0.139. The fourth-order valence-corrected chi connectivity index (χ4v) is 4.21. The highest BCUT2D eigenvalue weighted by molar-refractivity contribution is 8.18. The molecule has 146 valence electrons. The summed E-state index contributed by atoms with van der Waals surface area (Å²) in [5, 5.41) is 3.54. The highest BCUT2D eigenvalue weighted by Gasteiger charge is 2.33. The van der Waals surface area contributed by atoms with E-state index in [1.807, 2.05) is 65.4 Å². The third-order valence-electron chi connectivity index (χ3n) is 4.67. The van der Waals surface area contributed by atoms with Crippen molar-refractivity contribution in [2.45, 2.75) is 13.5 Å². The van der Waals surface area contributed by atoms with E-state index in [-0.39, 0.29) is 23.6 Å². The van der Waals surface area contributed by atoms with Gasteiger partial charge in [0.1, 0.15) is 6.54 Å². The maximum atomic E-state index is 12.5. The predicted octanol–water partition coefficient (Wildman–Crippen LogP) is 4.34. The first-order chi connectivity index (χ1) is 14.1. The second-order valence-electron chi connectivity index (χ2n) is 6.57. The van der Waals surface area contributed by atoms with Crippen LogP contribution in [0.15, 0.2) is 65.7 Å². The van der Waals surface area contributed by atoms with Gasteiger partial charge in [-0.15, -0.1) is 0 Å². The van der Waals surface area contributed by atoms with Gasteiger partial charge in [0.25, 0.3) is 11.1 Å². The molecule has 0 atom stereocenters. The van der Waals surface area contributed by atoms with Crippen molar-refractivity contribution in [2.24, 2.45) is 0 Å². The molecule has 1 aliphatic heterocycles. The number of hydrogen-bond donors (Lipinski definition) is 1. The number of thioether (sulfide) groups is 1. The Bertz CT molecular complexity index is 1130. The zero-order chi connectivity index (χ0) is 20.4. The van der Waals surface area contributed by atoms with Gasteiger partial charge in [0, 0.05) is 34.9 Å². The van der Waals surface area contributed by atoms with Crippen LogP contribution < -0.4 is 5.32 Å². The Morgan fingerprint density at radius 3 is 2.52 bits per heavy atom. The van der Waals surface area contributed by atoms with Gasteiger partial charge >= 0.3 is 0 Å². The van der Waals surface area contributed by atoms with Crippen molar-refractivity contribution < 1.29 is 14.4 Å². The smallest absolute Gasteiger partial charge is 0.293 e. The average molecular weight is 405 g/mol. The van der Waals surface area contributed by atoms with Crippen LogP contribution in [0.4, 0.5) is 10.5 Å². The van der Waals surface area contributed by atoms with E-state index in [1.54, 1.807) is 13.0 Å². The lowest BCUT2D eigenvalue weighted by atomic mass is 10.1. The zero-order valence-corrected chi connectivity index (χ0v) is 16.6. The summed E-state index contributed by atoms with van der Waals surface area (Å²) in [6.45, 7) is 2.26. The highest BCUT2D eigenvalue weighted by Crippen LogP contribution is 2.33. The fourth-order valence-electron chi connectivity index (χ4n) is 3.31. The van der Waals surface area contributed by atoms with Crippen molar-refractivity contribution in [3.8, 4) is 0 Å². The third kappa shape index (κ3) is 3.82. The lowest BCUT2D eigenvalue weighted by Crippen LogP contribution is -2.27. The minimum atomic E-state index is -0.277. The van der Waals surface area contributed by atoms with E-state index in [1.165, 1.54) is 4.90 Å². The highest BCUT2D eigenvalue weighted by atomic mass is 32.2. The number of amides is 3. The van der Waals surface area contributed by atoms with E-state index < -0.39 is 0 Å². The maximum Gasteiger partial charge on any atom is 0.293 e. The average Bonchev–Trinajstić information content (AvgIpc) is 3.19. The van der Waals surface area contributed by atoms with E-state index in [0.29, 0.717) is 11.4 Å². The molecule has 4 rings (SSSR count). The van der Waals surface area contributed by atoms with E-state index in [2.05, 4.69) is 5.32 Å². The molecule has 1 aliphatic rings. The molecule has 1 N–H and O–H groups in total. The van der Waals surface area contributed by atoms with Gasteiger partial charge in [-0.3, -0.25) is 19.3 Å². The molecule has 7 heteroatoms. The first kappa shape index (κ1) is 19.0. The van der Waals surface area contributed by atoms with Crippen LogP contribution in [0.2, 0.25) is 0 Å². The van der Waals surface area contributed by atoms with Crippen LogP contribution in [-0.2, 0) is 16.1 Å². The number of benzene rings is 2. The number of fused-ring (bicyclic) bond motifs is 1. The van der Waals surface area contributed by atoms with Crippen molar-refractivity contribution in [1.29, 1.82) is 0 Å². The maximum absolute atomic E-state index is 12.5. The van der Waals surface area contributed by atoms with Gasteiger partial charge in [-0.25, -0.2) is 0 Å². The van der Waals surface area contributed by atoms with E-state index >= 15 is 0 Å². The van der Waals surface area contributed by atoms with Gasteiger partial charge in [0.05, 0.1) is 4.91 Å². The number of likely N-dealkylation sites (N-methyl/N-ethyl adjacent to an activating group) is 1. The van der Waals surface area contributed by atoms with E-state index in [0.717, 1.165) is 33.9 Å². The van der Waals surface area contributed by atoms with Gasteiger partial charge in [0.2, 0.25) is 5.91 Å². The van der Waals surface area contributed by atoms with Crippen LogP contribution in [-0.4, -0.2) is 33.1 Å². The number of carbonyl (C=O) groups is 3. The Morgan fingerprint density at radius 2 is 1.79 bits per heavy atom. The van der Waals surface area contributed by atoms with Gasteiger partial charge in [-0.1, -0.05) is 36.4 Å². The number of aromatic nitrogens is 1. The Hall–Kier alpha value is -3.32. The van der Waals surface area contributed by atoms with Crippen LogP contribution in [0.1, 0.15) is 12.5 Å². The second-order valence-corrected chi connectivity index (χ2v) is 7.56. The molecule has 0 radical (unpaired) electrons. The molecule has 6 nitrogen and oxygen atoms in total. The molecule has 0 bridgehead atoms. The number of nitrogens with one attached hydrogen (secondary N) is 1. The SMILES string of the molecule is CCN1C(=O)SC(=Cc2cn(CC(=O)Nc3ccccc3)c3ccccc23)C1=O. The first-order valence-electron chi connectivity index (χ1n) is 9.25. The first-order valence-corrected chi connectivity index (χ1v) is 10.1. The molecular weight excluding hydrogens is 386 g/mol. The predicted molar refractivity (Wildman–Crippen MR) is 115 cm³/mol. The van der Waals surface area contributed by atoms with E-state index in [4.69, 9.17) is 0 Å². The molecule has 2 heterocycles. The molecule has 1 aromatic heterocycles. The van der Waals surface area contributed by atoms with Gasteiger partial charge in [0.15, 0.2) is 0 Å². The molecule has 0 unspecified atom stereocenters. The number of carbonyl (C=O) groups excluding carboxylic acids is 3. The standard InChI is InChI=1S/C22H19N3O3S/c1-2-25-21(27)19(29-22(25)28)12-15-13-24(18-11-7-6-10-17(15)18)14-20(26)23-16-8-4-3-5-9-16/h3-13H,2,14H2,1H3,(H,23,26). The minimum Gasteiger partial charge on any atom is -0.337 e. The van der Waals surface area contributed by atoms with Crippen molar-refractivity contribution in [3.05, 3.63) is 71.3 Å². The number of para-hydroxylation sites is 2. The summed E-state index contributed by atoms with van der Waals surface area (Å²) in [5.74, 6) is -0.420. The normalized spacial score (nSPS) is 15.5. The molecule has 0 saturated carbocycles. The summed E-state index contributed by atoms with van der Waals surface area (Å²) in [7, 11) is 0. The Balaban J connectivity index is 1.64. The third-order valence-corrected chi connectivity index (χ3v) is 5.57. The molecule has 0 aliphatic carbocycles. The zero-order valence-electron chi connectivity index (χ0n) is 15.8. The lowest BCUT2D eigenvalue weighted by Gasteiger charge is -2.07. The van der Waals surface area contributed by atoms with Crippen molar-refractivity contribution in [2.75, 3.05) is 11.9 Å². The molecule has 3 aromatic rings. The molecular formula is C22H19N3O3S. The van der Waals surface area contributed by atoms with Gasteiger partial charge < -0.3 is 9.88 Å². The fraction of sp³-hybridized carbons (Fsp3) is 0.136. The Labute approximate surface area is 172 Å². The summed E-state index contributed by atoms with van der Waals surface area (Å²) >= 11 is 0.945. The topological polar surface area (TPSA) is 71.4 Å². The largest absolute Gasteiger partial charge is 0.337 e. The van der Waals surface area contributed by atoms with Crippen molar-refractivity contribution in [3.63, 3.8) is 0 Å². The summed E-state index contributed by atoms with van der Waals surface area (Å²) in [6.07, 6.45) is 3.57. The monoisotopic (exact) mass is 405 g/mol. The Kier molecular flexibility index (Phi) is 5.22. The number of anilines is 1. The number of nitrogens with zero attached hydrogens (tertiary/aromatic N) is 2. The molecule has 2 aromatic carbocycles.